The van der Waals surface area contributed by atoms with Crippen LogP contribution in [0.1, 0.15) is 41.5 Å². The largest absolute Gasteiger partial charge is 0.343 e. The zero-order valence-electron chi connectivity index (χ0n) is 11.9. The van der Waals surface area contributed by atoms with Gasteiger partial charge < -0.3 is 13.8 Å². The molecule has 1 atom stereocenters. The Kier molecular flexibility index (Phi) is 3.10. The second-order valence-corrected chi connectivity index (χ2v) is 5.44. The molecule has 0 spiro atoms. The summed E-state index contributed by atoms with van der Waals surface area (Å²) in [5.41, 5.74) is 1.60. The van der Waals surface area contributed by atoms with Crippen LogP contribution in [0.3, 0.4) is 0 Å². The van der Waals surface area contributed by atoms with E-state index in [4.69, 9.17) is 4.52 Å². The van der Waals surface area contributed by atoms with Crippen LogP contribution in [0.5, 0.6) is 0 Å². The van der Waals surface area contributed by atoms with E-state index in [1.54, 1.807) is 12.5 Å². The highest BCUT2D eigenvalue weighted by Gasteiger charge is 2.31. The molecule has 7 nitrogen and oxygen atoms in total. The van der Waals surface area contributed by atoms with Crippen LogP contribution in [-0.2, 0) is 0 Å². The highest BCUT2D eigenvalue weighted by molar-refractivity contribution is 5.94. The summed E-state index contributed by atoms with van der Waals surface area (Å²) in [6.07, 6.45) is 9.49. The Labute approximate surface area is 126 Å². The predicted molar refractivity (Wildman–Crippen MR) is 77.1 cm³/mol. The molecule has 0 bridgehead atoms. The molecule has 1 fully saturated rings. The van der Waals surface area contributed by atoms with Crippen molar-refractivity contribution in [3.05, 3.63) is 48.6 Å². The van der Waals surface area contributed by atoms with Crippen molar-refractivity contribution in [2.24, 2.45) is 0 Å². The van der Waals surface area contributed by atoms with E-state index < -0.39 is 0 Å². The van der Waals surface area contributed by atoms with Crippen molar-refractivity contribution in [3.8, 4) is 0 Å². The maximum atomic E-state index is 12.9. The lowest BCUT2D eigenvalue weighted by Gasteiger charge is -2.33. The molecule has 7 heteroatoms. The minimum absolute atomic E-state index is 0.00917. The van der Waals surface area contributed by atoms with Crippen molar-refractivity contribution < 1.29 is 9.32 Å². The van der Waals surface area contributed by atoms with Gasteiger partial charge in [0, 0.05) is 12.7 Å². The molecule has 4 rings (SSSR count). The predicted octanol–water partition coefficient (Wildman–Crippen LogP) is 2.08. The lowest BCUT2D eigenvalue weighted by atomic mass is 10.0. The summed E-state index contributed by atoms with van der Waals surface area (Å²) < 4.78 is 6.69. The highest BCUT2D eigenvalue weighted by atomic mass is 16.5. The molecular formula is C15H15N5O2. The van der Waals surface area contributed by atoms with Crippen molar-refractivity contribution in [3.63, 3.8) is 0 Å². The lowest BCUT2D eigenvalue weighted by molar-refractivity contribution is 0.0596. The molecule has 112 valence electrons. The molecule has 1 saturated heterocycles. The number of fused-ring (bicyclic) bond motifs is 1. The maximum Gasteiger partial charge on any atom is 0.255 e. The number of pyridine rings is 1. The number of piperidine rings is 1. The summed E-state index contributed by atoms with van der Waals surface area (Å²) in [5, 5.41) is 3.91. The van der Waals surface area contributed by atoms with Crippen LogP contribution in [0, 0.1) is 0 Å². The van der Waals surface area contributed by atoms with E-state index in [0.29, 0.717) is 17.9 Å². The smallest absolute Gasteiger partial charge is 0.255 e. The van der Waals surface area contributed by atoms with Crippen molar-refractivity contribution in [2.45, 2.75) is 25.3 Å². The molecule has 22 heavy (non-hydrogen) atoms. The third-order valence-electron chi connectivity index (χ3n) is 4.09. The Morgan fingerprint density at radius 3 is 3.14 bits per heavy atom. The van der Waals surface area contributed by atoms with Gasteiger partial charge in [-0.2, -0.15) is 4.98 Å². The average molecular weight is 297 g/mol. The second-order valence-electron chi connectivity index (χ2n) is 5.44. The Morgan fingerprint density at radius 1 is 1.32 bits per heavy atom. The maximum absolute atomic E-state index is 12.9. The summed E-state index contributed by atoms with van der Waals surface area (Å²) >= 11 is 0. The summed E-state index contributed by atoms with van der Waals surface area (Å²) in [4.78, 5) is 22.9. The SMILES string of the molecule is O=C(c1ccc2cncn2c1)N1CCCCC1c1ncon1. The molecular weight excluding hydrogens is 282 g/mol. The highest BCUT2D eigenvalue weighted by Crippen LogP contribution is 2.30. The van der Waals surface area contributed by atoms with Gasteiger partial charge >= 0.3 is 0 Å². The number of carbonyl (C=O) groups is 1. The van der Waals surface area contributed by atoms with E-state index >= 15 is 0 Å². The fraction of sp³-hybridized carbons (Fsp3) is 0.333. The third kappa shape index (κ3) is 2.14. The molecule has 0 aliphatic carbocycles. The molecule has 0 saturated carbocycles. The number of imidazole rings is 1. The van der Waals surface area contributed by atoms with Gasteiger partial charge in [-0.1, -0.05) is 5.16 Å². The summed E-state index contributed by atoms with van der Waals surface area (Å²) in [6, 6.07) is 3.62. The first-order chi connectivity index (χ1) is 10.8. The first-order valence-electron chi connectivity index (χ1n) is 7.32. The molecule has 4 heterocycles. The number of nitrogens with zero attached hydrogens (tertiary/aromatic N) is 5. The van der Waals surface area contributed by atoms with Crippen molar-refractivity contribution in [1.29, 1.82) is 0 Å². The van der Waals surface area contributed by atoms with Crippen LogP contribution in [0.4, 0.5) is 0 Å². The number of hydrogen-bond acceptors (Lipinski definition) is 5. The zero-order chi connectivity index (χ0) is 14.9. The van der Waals surface area contributed by atoms with Gasteiger partial charge in [0.15, 0.2) is 5.82 Å². The minimum atomic E-state index is -0.113. The number of aromatic nitrogens is 4. The van der Waals surface area contributed by atoms with Crippen molar-refractivity contribution in [2.75, 3.05) is 6.54 Å². The Morgan fingerprint density at radius 2 is 2.27 bits per heavy atom. The summed E-state index contributed by atoms with van der Waals surface area (Å²) in [5.74, 6) is 0.571. The van der Waals surface area contributed by atoms with Gasteiger partial charge in [-0.15, -0.1) is 0 Å². The molecule has 0 radical (unpaired) electrons. The van der Waals surface area contributed by atoms with Gasteiger partial charge in [0.2, 0.25) is 6.39 Å². The van der Waals surface area contributed by atoms with Gasteiger partial charge in [0.1, 0.15) is 0 Å². The standard InChI is InChI=1S/C15H15N5O2/c21-15(11-4-5-12-7-16-9-19(12)8-11)20-6-2-1-3-13(20)14-17-10-22-18-14/h4-5,7-10,13H,1-3,6H2. The quantitative estimate of drug-likeness (QED) is 0.724. The number of hydrogen-bond donors (Lipinski definition) is 0. The van der Waals surface area contributed by atoms with Gasteiger partial charge in [0.25, 0.3) is 5.91 Å². The topological polar surface area (TPSA) is 76.5 Å². The third-order valence-corrected chi connectivity index (χ3v) is 4.09. The van der Waals surface area contributed by atoms with Gasteiger partial charge in [0.05, 0.1) is 29.6 Å². The first-order valence-corrected chi connectivity index (χ1v) is 7.32. The van der Waals surface area contributed by atoms with Gasteiger partial charge in [-0.25, -0.2) is 4.98 Å². The molecule has 1 aliphatic rings. The molecule has 0 N–H and O–H groups in total. The summed E-state index contributed by atoms with van der Waals surface area (Å²) in [6.45, 7) is 0.708. The fourth-order valence-corrected chi connectivity index (χ4v) is 2.98. The van der Waals surface area contributed by atoms with Crippen molar-refractivity contribution >= 4 is 11.4 Å². The Bertz CT molecular complexity index is 795. The fourth-order valence-electron chi connectivity index (χ4n) is 2.98. The monoisotopic (exact) mass is 297 g/mol. The molecule has 3 aromatic rings. The van der Waals surface area contributed by atoms with E-state index in [0.717, 1.165) is 24.8 Å². The van der Waals surface area contributed by atoms with Crippen LogP contribution in [0.2, 0.25) is 0 Å². The zero-order valence-corrected chi connectivity index (χ0v) is 11.9. The molecule has 3 aromatic heterocycles. The first kappa shape index (κ1) is 13.0. The number of amides is 1. The number of rotatable bonds is 2. The van der Waals surface area contributed by atoms with Crippen molar-refractivity contribution in [1.82, 2.24) is 24.4 Å². The van der Waals surface area contributed by atoms with Crippen LogP contribution >= 0.6 is 0 Å². The normalized spacial score (nSPS) is 18.7. The van der Waals surface area contributed by atoms with Crippen LogP contribution in [-0.4, -0.2) is 36.9 Å². The van der Waals surface area contributed by atoms with Crippen LogP contribution < -0.4 is 0 Å². The van der Waals surface area contributed by atoms with Gasteiger partial charge in [-0.05, 0) is 31.4 Å². The molecule has 1 amide bonds. The van der Waals surface area contributed by atoms with E-state index in [9.17, 15) is 4.79 Å². The van der Waals surface area contributed by atoms with Crippen LogP contribution in [0.15, 0.2) is 41.8 Å². The number of likely N-dealkylation sites (tertiary alicyclic amines) is 1. The lowest BCUT2D eigenvalue weighted by Crippen LogP contribution is -2.39. The molecule has 1 aliphatic heterocycles. The van der Waals surface area contributed by atoms with E-state index in [2.05, 4.69) is 15.1 Å². The molecule has 1 unspecified atom stereocenters. The van der Waals surface area contributed by atoms with E-state index in [-0.39, 0.29) is 11.9 Å². The number of carbonyl (C=O) groups excluding carboxylic acids is 1. The minimum Gasteiger partial charge on any atom is -0.343 e. The average Bonchev–Trinajstić information content (AvgIpc) is 3.24. The second kappa shape index (κ2) is 5.25. The Hall–Kier alpha value is -2.70. The Balaban J connectivity index is 1.67. The van der Waals surface area contributed by atoms with Crippen LogP contribution in [0.25, 0.3) is 5.52 Å². The van der Waals surface area contributed by atoms with Gasteiger partial charge in [-0.3, -0.25) is 4.79 Å². The van der Waals surface area contributed by atoms with E-state index in [1.807, 2.05) is 27.6 Å². The summed E-state index contributed by atoms with van der Waals surface area (Å²) in [7, 11) is 0. The molecule has 0 aromatic carbocycles. The van der Waals surface area contributed by atoms with E-state index in [1.165, 1.54) is 6.39 Å².